The van der Waals surface area contributed by atoms with Crippen LogP contribution in [0.4, 0.5) is 0 Å². The molecule has 0 rings (SSSR count). The van der Waals surface area contributed by atoms with Crippen LogP contribution in [0.1, 0.15) is 232 Å². The Morgan fingerprint density at radius 2 is 0.803 bits per heavy atom. The van der Waals surface area contributed by atoms with Crippen molar-refractivity contribution in [1.29, 1.82) is 0 Å². The molecule has 0 spiro atoms. The second-order valence-corrected chi connectivity index (χ2v) is 20.2. The van der Waals surface area contributed by atoms with Crippen molar-refractivity contribution in [2.24, 2.45) is 0 Å². The molecule has 9 heteroatoms. The number of nitrogens with zero attached hydrogens (tertiary/aromatic N) is 1. The molecule has 0 amide bonds. The van der Waals surface area contributed by atoms with Crippen molar-refractivity contribution >= 4 is 17.9 Å². The normalized spacial score (nSPS) is 13.4. The third-order valence-electron chi connectivity index (χ3n) is 12.1. The number of rotatable bonds is 52. The van der Waals surface area contributed by atoms with E-state index in [-0.39, 0.29) is 32.2 Å². The van der Waals surface area contributed by atoms with Crippen molar-refractivity contribution in [3.8, 4) is 0 Å². The number of aliphatic carboxylic acids is 1. The quantitative estimate of drug-likeness (QED) is 0.0211. The number of carbonyl (C=O) groups is 3. The minimum absolute atomic E-state index is 0.182. The molecule has 0 aliphatic carbocycles. The van der Waals surface area contributed by atoms with Gasteiger partial charge < -0.3 is 28.5 Å². The van der Waals surface area contributed by atoms with Crippen LogP contribution in [0.25, 0.3) is 0 Å². The van der Waals surface area contributed by atoms with Crippen LogP contribution >= 0.6 is 0 Å². The molecule has 0 aliphatic heterocycles. The predicted octanol–water partition coefficient (Wildman–Crippen LogP) is 16.8. The smallest absolute Gasteiger partial charge is 0.361 e. The van der Waals surface area contributed by atoms with E-state index < -0.39 is 24.3 Å². The number of hydrogen-bond acceptors (Lipinski definition) is 7. The van der Waals surface area contributed by atoms with E-state index in [0.29, 0.717) is 23.9 Å². The van der Waals surface area contributed by atoms with E-state index in [4.69, 9.17) is 18.9 Å². The third kappa shape index (κ3) is 54.1. The fourth-order valence-electron chi connectivity index (χ4n) is 7.72. The van der Waals surface area contributed by atoms with Crippen LogP contribution in [0.2, 0.25) is 0 Å². The summed E-state index contributed by atoms with van der Waals surface area (Å²) in [6.07, 6.45) is 66.5. The predicted molar refractivity (Wildman–Crippen MR) is 299 cm³/mol. The molecule has 0 bridgehead atoms. The number of unbranched alkanes of at least 4 members (excludes halogenated alkanes) is 23. The molecule has 0 aromatic heterocycles. The number of hydrogen-bond donors (Lipinski definition) is 1. The fraction of sp³-hybridized carbons (Fsp3) is 0.726. The molecule has 0 aliphatic rings. The van der Waals surface area contributed by atoms with E-state index >= 15 is 0 Å². The summed E-state index contributed by atoms with van der Waals surface area (Å²) in [5, 5.41) is 9.70. The lowest BCUT2D eigenvalue weighted by Gasteiger charge is -2.25. The molecular weight excluding hydrogens is 887 g/mol. The van der Waals surface area contributed by atoms with E-state index in [9.17, 15) is 19.5 Å². The first-order valence-electron chi connectivity index (χ1n) is 28.8. The molecule has 408 valence electrons. The minimum Gasteiger partial charge on any atom is -0.477 e. The highest BCUT2D eigenvalue weighted by atomic mass is 16.7. The van der Waals surface area contributed by atoms with Gasteiger partial charge in [-0.3, -0.25) is 9.59 Å². The van der Waals surface area contributed by atoms with Gasteiger partial charge in [0.2, 0.25) is 0 Å². The summed E-state index contributed by atoms with van der Waals surface area (Å²) in [6.45, 7) is 4.75. The van der Waals surface area contributed by atoms with Crippen LogP contribution in [-0.4, -0.2) is 87.4 Å². The van der Waals surface area contributed by atoms with Crippen molar-refractivity contribution in [3.63, 3.8) is 0 Å². The minimum atomic E-state index is -1.52. The van der Waals surface area contributed by atoms with Crippen LogP contribution < -0.4 is 0 Å². The van der Waals surface area contributed by atoms with Gasteiger partial charge in [0.15, 0.2) is 6.10 Å². The van der Waals surface area contributed by atoms with Crippen LogP contribution in [0, 0.1) is 0 Å². The van der Waals surface area contributed by atoms with E-state index in [2.05, 4.69) is 98.9 Å². The molecule has 0 aromatic rings. The number of carboxylic acid groups (broad SMARTS) is 1. The van der Waals surface area contributed by atoms with Crippen molar-refractivity contribution in [2.45, 2.75) is 245 Å². The Balaban J connectivity index is 4.30. The zero-order chi connectivity index (χ0) is 52.0. The monoisotopic (exact) mass is 995 g/mol. The molecule has 0 fully saturated rings. The summed E-state index contributed by atoms with van der Waals surface area (Å²) in [6, 6.07) is 0. The largest absolute Gasteiger partial charge is 0.477 e. The van der Waals surface area contributed by atoms with Gasteiger partial charge in [-0.25, -0.2) is 4.79 Å². The fourth-order valence-corrected chi connectivity index (χ4v) is 7.72. The summed E-state index contributed by atoms with van der Waals surface area (Å²) in [7, 11) is 5.96. The lowest BCUT2D eigenvalue weighted by atomic mass is 10.1. The Hall–Kier alpha value is -3.53. The summed E-state index contributed by atoms with van der Waals surface area (Å²) in [5.74, 6) is -2.02. The zero-order valence-electron chi connectivity index (χ0n) is 46.4. The van der Waals surface area contributed by atoms with Crippen molar-refractivity contribution < 1.29 is 42.9 Å². The van der Waals surface area contributed by atoms with Crippen molar-refractivity contribution in [2.75, 3.05) is 47.5 Å². The lowest BCUT2D eigenvalue weighted by Crippen LogP contribution is -2.40. The van der Waals surface area contributed by atoms with Gasteiger partial charge in [0.1, 0.15) is 13.2 Å². The maximum absolute atomic E-state index is 12.9. The lowest BCUT2D eigenvalue weighted by molar-refractivity contribution is -0.870. The van der Waals surface area contributed by atoms with Crippen LogP contribution in [0.5, 0.6) is 0 Å². The Morgan fingerprint density at radius 3 is 1.20 bits per heavy atom. The first-order valence-corrected chi connectivity index (χ1v) is 28.8. The standard InChI is InChI=1S/C62H107NO8/c1-6-8-10-12-14-16-18-20-22-24-26-28-29-30-31-33-35-37-39-41-43-45-47-49-51-53-60(65)71-58(57-70-62(61(66)67)68-55-54-63(3,4)5)56-69-59(64)52-50-48-46-44-42-40-38-36-34-32-27-25-23-21-19-17-15-13-11-9-7-2/h8,10,14,16,19-22,25-28,30-31,58,62H,6-7,9,11-13,15,17-18,23-24,29,32-57H2,1-5H3/p+1/b10-8-,16-14-,21-19-,22-20-,27-25-,28-26-,31-30-. The van der Waals surface area contributed by atoms with Crippen LogP contribution in [0.3, 0.4) is 0 Å². The average Bonchev–Trinajstić information content (AvgIpc) is 3.34. The van der Waals surface area contributed by atoms with Crippen LogP contribution in [-0.2, 0) is 33.3 Å². The molecule has 0 saturated heterocycles. The Bertz CT molecular complexity index is 1440. The van der Waals surface area contributed by atoms with Gasteiger partial charge in [-0.05, 0) is 89.9 Å². The Labute approximate surface area is 436 Å². The molecule has 2 unspecified atom stereocenters. The highest BCUT2D eigenvalue weighted by Gasteiger charge is 2.25. The van der Waals surface area contributed by atoms with E-state index in [1.807, 2.05) is 21.1 Å². The molecule has 0 radical (unpaired) electrons. The number of esters is 2. The number of ether oxygens (including phenoxy) is 4. The number of likely N-dealkylation sites (N-methyl/N-ethyl adjacent to an activating group) is 1. The summed E-state index contributed by atoms with van der Waals surface area (Å²) >= 11 is 0. The number of quaternary nitrogens is 1. The molecule has 0 saturated carbocycles. The molecule has 71 heavy (non-hydrogen) atoms. The number of allylic oxidation sites excluding steroid dienone is 14. The molecule has 1 N–H and O–H groups in total. The molecule has 0 heterocycles. The maximum Gasteiger partial charge on any atom is 0.361 e. The first kappa shape index (κ1) is 67.5. The van der Waals surface area contributed by atoms with E-state index in [0.717, 1.165) is 83.5 Å². The van der Waals surface area contributed by atoms with Gasteiger partial charge >= 0.3 is 17.9 Å². The second kappa shape index (κ2) is 52.8. The summed E-state index contributed by atoms with van der Waals surface area (Å²) in [4.78, 5) is 37.4. The summed E-state index contributed by atoms with van der Waals surface area (Å²) in [5.41, 5.74) is 0. The van der Waals surface area contributed by atoms with Gasteiger partial charge in [0.25, 0.3) is 6.29 Å². The SMILES string of the molecule is CC/C=C\C/C=C\C/C=C\C/C=C\C/C=C\CCCCCCCCCCCC(=O)OC(COC(=O)CCCCCCCCCCC/C=C\C/C=C\CCCCCCC)COC(OCC[N+](C)(C)C)C(=O)O. The number of carbonyl (C=O) groups excluding carboxylic acids is 2. The first-order chi connectivity index (χ1) is 34.6. The molecular formula is C62H108NO8+. The topological polar surface area (TPSA) is 108 Å². The number of carboxylic acids is 1. The second-order valence-electron chi connectivity index (χ2n) is 20.2. The van der Waals surface area contributed by atoms with E-state index in [1.165, 1.54) is 116 Å². The van der Waals surface area contributed by atoms with Crippen molar-refractivity contribution in [1.82, 2.24) is 0 Å². The van der Waals surface area contributed by atoms with Gasteiger partial charge in [-0.2, -0.15) is 0 Å². The highest BCUT2D eigenvalue weighted by molar-refractivity contribution is 5.71. The van der Waals surface area contributed by atoms with Gasteiger partial charge in [-0.1, -0.05) is 214 Å². The molecule has 9 nitrogen and oxygen atoms in total. The average molecular weight is 996 g/mol. The molecule has 0 aromatic carbocycles. The van der Waals surface area contributed by atoms with Crippen molar-refractivity contribution in [3.05, 3.63) is 85.1 Å². The zero-order valence-corrected chi connectivity index (χ0v) is 46.4. The Morgan fingerprint density at radius 1 is 0.437 bits per heavy atom. The van der Waals surface area contributed by atoms with Gasteiger partial charge in [-0.15, -0.1) is 0 Å². The third-order valence-corrected chi connectivity index (χ3v) is 12.1. The highest BCUT2D eigenvalue weighted by Crippen LogP contribution is 2.15. The van der Waals surface area contributed by atoms with Crippen LogP contribution in [0.15, 0.2) is 85.1 Å². The summed E-state index contributed by atoms with van der Waals surface area (Å²) < 4.78 is 22.9. The van der Waals surface area contributed by atoms with Gasteiger partial charge in [0.05, 0.1) is 34.4 Å². The van der Waals surface area contributed by atoms with Gasteiger partial charge in [0, 0.05) is 12.8 Å². The van der Waals surface area contributed by atoms with E-state index in [1.54, 1.807) is 0 Å². The molecule has 2 atom stereocenters. The maximum atomic E-state index is 12.9. The Kier molecular flexibility index (Phi) is 50.2.